The molecule has 0 fully saturated rings. The fourth-order valence-electron chi connectivity index (χ4n) is 6.62. The predicted molar refractivity (Wildman–Crippen MR) is 193 cm³/mol. The van der Waals surface area contributed by atoms with Crippen LogP contribution in [0, 0.1) is 0 Å². The van der Waals surface area contributed by atoms with E-state index in [0.29, 0.717) is 11.8 Å². The highest BCUT2D eigenvalue weighted by Gasteiger charge is 2.28. The largest absolute Gasteiger partial charge is 0.453 e. The van der Waals surface area contributed by atoms with Crippen LogP contribution >= 0.6 is 11.8 Å². The summed E-state index contributed by atoms with van der Waals surface area (Å²) >= 11 is 1.86. The van der Waals surface area contributed by atoms with Gasteiger partial charge in [0, 0.05) is 21.2 Å². The van der Waals surface area contributed by atoms with Crippen LogP contribution in [0.3, 0.4) is 0 Å². The van der Waals surface area contributed by atoms with Gasteiger partial charge in [0.05, 0.1) is 22.7 Å². The van der Waals surface area contributed by atoms with Gasteiger partial charge in [0.2, 0.25) is 0 Å². The van der Waals surface area contributed by atoms with E-state index in [9.17, 15) is 0 Å². The van der Waals surface area contributed by atoms with Gasteiger partial charge in [-0.15, -0.1) is 0 Å². The van der Waals surface area contributed by atoms with Crippen molar-refractivity contribution in [1.82, 2.24) is 0 Å². The smallest absolute Gasteiger partial charge is 0.151 e. The molecule has 226 valence electrons. The summed E-state index contributed by atoms with van der Waals surface area (Å²) in [5, 5.41) is 0. The molecule has 1 unspecified atom stereocenters. The lowest BCUT2D eigenvalue weighted by Gasteiger charge is -2.34. The number of ether oxygens (including phenoxy) is 1. The maximum absolute atomic E-state index is 6.66. The maximum Gasteiger partial charge on any atom is 0.151 e. The average Bonchev–Trinajstić information content (AvgIpc) is 3.09. The second-order valence-electron chi connectivity index (χ2n) is 12.5. The van der Waals surface area contributed by atoms with E-state index in [4.69, 9.17) is 4.74 Å². The Morgan fingerprint density at radius 1 is 0.522 bits per heavy atom. The van der Waals surface area contributed by atoms with Crippen LogP contribution in [0.25, 0.3) is 0 Å². The van der Waals surface area contributed by atoms with Crippen LogP contribution < -0.4 is 14.5 Å². The van der Waals surface area contributed by atoms with Gasteiger partial charge >= 0.3 is 0 Å². The Morgan fingerprint density at radius 2 is 1.09 bits per heavy atom. The van der Waals surface area contributed by atoms with Crippen molar-refractivity contribution >= 4 is 45.9 Å². The lowest BCUT2D eigenvalue weighted by molar-refractivity contribution is 0.475. The molecule has 0 N–H and O–H groups in total. The molecule has 3 nitrogen and oxygen atoms in total. The third-order valence-electron chi connectivity index (χ3n) is 9.07. The van der Waals surface area contributed by atoms with Crippen molar-refractivity contribution in [3.63, 3.8) is 0 Å². The molecule has 2 heterocycles. The molecule has 2 aliphatic rings. The van der Waals surface area contributed by atoms with Gasteiger partial charge < -0.3 is 14.5 Å². The number of fused-ring (bicyclic) bond motifs is 4. The normalized spacial score (nSPS) is 13.7. The maximum atomic E-state index is 6.66. The fraction of sp³-hybridized carbons (Fsp3) is 0.143. The Labute approximate surface area is 276 Å². The van der Waals surface area contributed by atoms with E-state index in [2.05, 4.69) is 170 Å². The zero-order valence-corrected chi connectivity index (χ0v) is 27.2. The zero-order valence-electron chi connectivity index (χ0n) is 26.4. The van der Waals surface area contributed by atoms with Crippen molar-refractivity contribution in [2.45, 2.75) is 48.8 Å². The van der Waals surface area contributed by atoms with Crippen molar-refractivity contribution < 1.29 is 4.74 Å². The number of hydrogen-bond acceptors (Lipinski definition) is 4. The van der Waals surface area contributed by atoms with Crippen molar-refractivity contribution in [2.24, 2.45) is 0 Å². The predicted octanol–water partition coefficient (Wildman–Crippen LogP) is 12.7. The minimum absolute atomic E-state index is 0.333. The van der Waals surface area contributed by atoms with E-state index in [1.807, 2.05) is 11.8 Å². The Bertz CT molecular complexity index is 2040. The lowest BCUT2D eigenvalue weighted by Crippen LogP contribution is -2.16. The molecule has 6 aromatic rings. The number of para-hydroxylation sites is 3. The number of nitrogens with zero attached hydrogens (tertiary/aromatic N) is 2. The second kappa shape index (κ2) is 11.8. The van der Waals surface area contributed by atoms with E-state index < -0.39 is 0 Å². The first-order chi connectivity index (χ1) is 22.5. The van der Waals surface area contributed by atoms with Crippen molar-refractivity contribution in [3.05, 3.63) is 156 Å². The quantitative estimate of drug-likeness (QED) is 0.185. The van der Waals surface area contributed by atoms with Gasteiger partial charge in [-0.3, -0.25) is 0 Å². The van der Waals surface area contributed by atoms with E-state index in [1.54, 1.807) is 0 Å². The molecule has 8 rings (SSSR count). The Morgan fingerprint density at radius 3 is 1.80 bits per heavy atom. The van der Waals surface area contributed by atoms with E-state index in [-0.39, 0.29) is 0 Å². The molecule has 46 heavy (non-hydrogen) atoms. The fourth-order valence-corrected chi connectivity index (χ4v) is 7.72. The summed E-state index contributed by atoms with van der Waals surface area (Å²) in [6, 6.07) is 50.3. The molecule has 1 atom stereocenters. The molecule has 0 aromatic heterocycles. The summed E-state index contributed by atoms with van der Waals surface area (Å²) in [5.74, 6) is 2.57. The first-order valence-corrected chi connectivity index (χ1v) is 16.9. The van der Waals surface area contributed by atoms with Gasteiger partial charge in [0.15, 0.2) is 11.5 Å². The number of benzene rings is 6. The van der Waals surface area contributed by atoms with Gasteiger partial charge in [0.25, 0.3) is 0 Å². The molecule has 0 bridgehead atoms. The minimum Gasteiger partial charge on any atom is -0.453 e. The molecular weight excluding hydrogens is 581 g/mol. The van der Waals surface area contributed by atoms with Crippen molar-refractivity contribution in [1.29, 1.82) is 0 Å². The third kappa shape index (κ3) is 5.13. The summed E-state index contributed by atoms with van der Waals surface area (Å²) in [6.07, 6.45) is 0.920. The number of rotatable bonds is 6. The summed E-state index contributed by atoms with van der Waals surface area (Å²) in [6.45, 7) is 6.78. The monoisotopic (exact) mass is 616 g/mol. The summed E-state index contributed by atoms with van der Waals surface area (Å²) < 4.78 is 6.66. The summed E-state index contributed by atoms with van der Waals surface area (Å²) in [7, 11) is 0. The van der Waals surface area contributed by atoms with Crippen LogP contribution in [0.4, 0.5) is 34.1 Å². The highest BCUT2D eigenvalue weighted by Crippen LogP contribution is 2.53. The first-order valence-electron chi connectivity index (χ1n) is 16.1. The third-order valence-corrected chi connectivity index (χ3v) is 10.2. The molecule has 0 amide bonds. The van der Waals surface area contributed by atoms with Gasteiger partial charge in [-0.2, -0.15) is 0 Å². The molecule has 4 heteroatoms. The molecule has 0 aliphatic carbocycles. The zero-order chi connectivity index (χ0) is 31.2. The first kappa shape index (κ1) is 28.5. The molecule has 0 saturated heterocycles. The molecule has 0 spiro atoms. The van der Waals surface area contributed by atoms with Crippen LogP contribution in [0.5, 0.6) is 11.5 Å². The molecule has 6 aromatic carbocycles. The van der Waals surface area contributed by atoms with Crippen LogP contribution in [-0.4, -0.2) is 0 Å². The van der Waals surface area contributed by atoms with Gasteiger partial charge in [-0.25, -0.2) is 0 Å². The van der Waals surface area contributed by atoms with Crippen LogP contribution in [-0.2, 0) is 6.42 Å². The highest BCUT2D eigenvalue weighted by atomic mass is 32.2. The van der Waals surface area contributed by atoms with E-state index in [0.717, 1.165) is 35.0 Å². The Hall–Kier alpha value is -4.93. The standard InChI is InChI=1S/C42H36N2OS/c1-28(2)31-19-22-36-40(26-31)45-39-25-30(18-21-35(39)43(36)33-12-6-4-7-13-33)24-29(3)32-20-23-38-42(27-32)46-41-17-11-10-16-37(41)44(38)34-14-8-5-9-15-34/h4-23,25-29H,24H2,1-3H3. The molecule has 0 saturated carbocycles. The minimum atomic E-state index is 0.333. The average molecular weight is 617 g/mol. The van der Waals surface area contributed by atoms with Crippen LogP contribution in [0.2, 0.25) is 0 Å². The number of hydrogen-bond donors (Lipinski definition) is 0. The van der Waals surface area contributed by atoms with E-state index in [1.165, 1.54) is 43.5 Å². The van der Waals surface area contributed by atoms with Gasteiger partial charge in [0.1, 0.15) is 0 Å². The summed E-state index contributed by atoms with van der Waals surface area (Å²) in [4.78, 5) is 7.27. The molecule has 2 aliphatic heterocycles. The highest BCUT2D eigenvalue weighted by molar-refractivity contribution is 7.99. The van der Waals surface area contributed by atoms with Gasteiger partial charge in [-0.1, -0.05) is 99.3 Å². The summed E-state index contributed by atoms with van der Waals surface area (Å²) in [5.41, 5.74) is 10.8. The molecule has 0 radical (unpaired) electrons. The van der Waals surface area contributed by atoms with Gasteiger partial charge in [-0.05, 0) is 108 Å². The van der Waals surface area contributed by atoms with Crippen molar-refractivity contribution in [3.8, 4) is 11.5 Å². The van der Waals surface area contributed by atoms with Crippen LogP contribution in [0.1, 0.15) is 49.3 Å². The molecular formula is C42H36N2OS. The topological polar surface area (TPSA) is 15.7 Å². The van der Waals surface area contributed by atoms with Crippen LogP contribution in [0.15, 0.2) is 149 Å². The van der Waals surface area contributed by atoms with E-state index >= 15 is 0 Å². The lowest BCUT2D eigenvalue weighted by atomic mass is 9.92. The Balaban J connectivity index is 1.11. The van der Waals surface area contributed by atoms with Crippen molar-refractivity contribution in [2.75, 3.05) is 9.80 Å². The second-order valence-corrected chi connectivity index (χ2v) is 13.6. The SMILES string of the molecule is CC(C)c1ccc2c(c1)Oc1cc(CC(C)c3ccc4c(c3)Sc3ccccc3N4c3ccccc3)ccc1N2c1ccccc1. The Kier molecular flexibility index (Phi) is 7.31. The number of anilines is 6.